The van der Waals surface area contributed by atoms with Gasteiger partial charge in [-0.3, -0.25) is 0 Å². The molecule has 0 saturated heterocycles. The maximum atomic E-state index is 12.0. The normalized spacial score (nSPS) is 12.0. The van der Waals surface area contributed by atoms with Gasteiger partial charge in [0.1, 0.15) is 0 Å². The summed E-state index contributed by atoms with van der Waals surface area (Å²) < 4.78 is 27.2. The molecule has 0 saturated carbocycles. The zero-order chi connectivity index (χ0) is 10.2. The standard InChI is InChI=1S/C8H19FO3Si/c1-4-5-6-7-13(10-2,11-3)12-8-9/h4-8H2,1-3H3. The van der Waals surface area contributed by atoms with Gasteiger partial charge in [0.05, 0.1) is 0 Å². The van der Waals surface area contributed by atoms with Crippen molar-refractivity contribution in [2.24, 2.45) is 0 Å². The van der Waals surface area contributed by atoms with Crippen molar-refractivity contribution in [3.8, 4) is 0 Å². The first-order valence-electron chi connectivity index (χ1n) is 4.55. The molecule has 0 amide bonds. The number of hydrogen-bond donors (Lipinski definition) is 0. The van der Waals surface area contributed by atoms with Gasteiger partial charge in [-0.25, -0.2) is 4.39 Å². The Morgan fingerprint density at radius 1 is 1.15 bits per heavy atom. The van der Waals surface area contributed by atoms with Crippen molar-refractivity contribution >= 4 is 8.80 Å². The Balaban J connectivity index is 3.89. The molecule has 0 spiro atoms. The molecule has 0 aromatic rings. The number of unbranched alkanes of at least 4 members (excludes halogenated alkanes) is 2. The topological polar surface area (TPSA) is 27.7 Å². The van der Waals surface area contributed by atoms with Crippen LogP contribution in [0, 0.1) is 0 Å². The van der Waals surface area contributed by atoms with Crippen molar-refractivity contribution in [3.63, 3.8) is 0 Å². The minimum atomic E-state index is -2.66. The van der Waals surface area contributed by atoms with Crippen molar-refractivity contribution in [2.75, 3.05) is 21.1 Å². The molecular weight excluding hydrogens is 191 g/mol. The third kappa shape index (κ3) is 4.71. The molecule has 0 aliphatic heterocycles. The molecule has 5 heteroatoms. The molecule has 0 atom stereocenters. The first-order chi connectivity index (χ1) is 6.24. The van der Waals surface area contributed by atoms with Crippen LogP contribution in [0.15, 0.2) is 0 Å². The largest absolute Gasteiger partial charge is 0.502 e. The van der Waals surface area contributed by atoms with E-state index in [4.69, 9.17) is 13.3 Å². The molecule has 0 aromatic carbocycles. The van der Waals surface area contributed by atoms with E-state index < -0.39 is 15.7 Å². The van der Waals surface area contributed by atoms with Crippen LogP contribution < -0.4 is 0 Å². The molecule has 0 aliphatic rings. The highest BCUT2D eigenvalue weighted by Gasteiger charge is 2.38. The van der Waals surface area contributed by atoms with Crippen LogP contribution in [-0.2, 0) is 13.3 Å². The van der Waals surface area contributed by atoms with Crippen LogP contribution in [0.25, 0.3) is 0 Å². The average molecular weight is 210 g/mol. The molecule has 0 unspecified atom stereocenters. The van der Waals surface area contributed by atoms with Gasteiger partial charge in [-0.1, -0.05) is 19.8 Å². The van der Waals surface area contributed by atoms with E-state index in [9.17, 15) is 4.39 Å². The molecule has 0 bridgehead atoms. The van der Waals surface area contributed by atoms with E-state index in [1.807, 2.05) is 0 Å². The zero-order valence-corrected chi connectivity index (χ0v) is 9.64. The summed E-state index contributed by atoms with van der Waals surface area (Å²) in [6.45, 7) is 1.28. The highest BCUT2D eigenvalue weighted by molar-refractivity contribution is 6.60. The lowest BCUT2D eigenvalue weighted by Gasteiger charge is -2.24. The summed E-state index contributed by atoms with van der Waals surface area (Å²) in [4.78, 5) is 0. The molecule has 0 N–H and O–H groups in total. The highest BCUT2D eigenvalue weighted by Crippen LogP contribution is 2.17. The second-order valence-electron chi connectivity index (χ2n) is 2.80. The number of rotatable bonds is 8. The average Bonchev–Trinajstić information content (AvgIpc) is 2.17. The predicted octanol–water partition coefficient (Wildman–Crippen LogP) is 2.35. The van der Waals surface area contributed by atoms with E-state index in [1.165, 1.54) is 14.2 Å². The molecule has 13 heavy (non-hydrogen) atoms. The van der Waals surface area contributed by atoms with Crippen molar-refractivity contribution in [2.45, 2.75) is 32.2 Å². The second kappa shape index (κ2) is 7.43. The Morgan fingerprint density at radius 2 is 1.77 bits per heavy atom. The van der Waals surface area contributed by atoms with Gasteiger partial charge >= 0.3 is 8.80 Å². The number of alkyl halides is 1. The summed E-state index contributed by atoms with van der Waals surface area (Å²) in [6, 6.07) is 0.692. The van der Waals surface area contributed by atoms with Crippen molar-refractivity contribution in [1.29, 1.82) is 0 Å². The summed E-state index contributed by atoms with van der Waals surface area (Å²) >= 11 is 0. The monoisotopic (exact) mass is 210 g/mol. The fraction of sp³-hybridized carbons (Fsp3) is 1.00. The SMILES string of the molecule is CCCCC[Si](OC)(OC)OCF. The fourth-order valence-electron chi connectivity index (χ4n) is 1.15. The summed E-state index contributed by atoms with van der Waals surface area (Å²) in [6.07, 6.45) is 3.18. The number of halogens is 1. The molecule has 0 heterocycles. The Hall–Kier alpha value is 0.0269. The lowest BCUT2D eigenvalue weighted by molar-refractivity contribution is 0.0572. The van der Waals surface area contributed by atoms with Gasteiger partial charge in [0.2, 0.25) is 0 Å². The van der Waals surface area contributed by atoms with Crippen LogP contribution in [0.2, 0.25) is 6.04 Å². The van der Waals surface area contributed by atoms with Crippen LogP contribution in [-0.4, -0.2) is 29.9 Å². The smallest absolute Gasteiger partial charge is 0.377 e. The van der Waals surface area contributed by atoms with E-state index in [1.54, 1.807) is 0 Å². The first kappa shape index (κ1) is 13.0. The quantitative estimate of drug-likeness (QED) is 0.454. The molecule has 0 fully saturated rings. The summed E-state index contributed by atoms with van der Waals surface area (Å²) in [7, 11) is 0.367. The Bertz CT molecular complexity index is 120. The maximum Gasteiger partial charge on any atom is 0.502 e. The van der Waals surface area contributed by atoms with Crippen molar-refractivity contribution in [3.05, 3.63) is 0 Å². The fourth-order valence-corrected chi connectivity index (χ4v) is 2.96. The van der Waals surface area contributed by atoms with Gasteiger partial charge in [0.15, 0.2) is 6.86 Å². The van der Waals surface area contributed by atoms with Gasteiger partial charge < -0.3 is 13.3 Å². The Kier molecular flexibility index (Phi) is 7.45. The van der Waals surface area contributed by atoms with E-state index in [2.05, 4.69) is 6.92 Å². The van der Waals surface area contributed by atoms with E-state index in [0.29, 0.717) is 6.04 Å². The van der Waals surface area contributed by atoms with Gasteiger partial charge in [0, 0.05) is 20.3 Å². The molecule has 0 rings (SSSR count). The van der Waals surface area contributed by atoms with Crippen LogP contribution in [0.5, 0.6) is 0 Å². The molecule has 0 aromatic heterocycles. The van der Waals surface area contributed by atoms with E-state index in [0.717, 1.165) is 19.3 Å². The van der Waals surface area contributed by atoms with Crippen LogP contribution >= 0.6 is 0 Å². The summed E-state index contributed by atoms with van der Waals surface area (Å²) in [5.41, 5.74) is 0. The lowest BCUT2D eigenvalue weighted by atomic mass is 10.3. The van der Waals surface area contributed by atoms with Gasteiger partial charge in [-0.2, -0.15) is 0 Å². The third-order valence-electron chi connectivity index (χ3n) is 1.98. The van der Waals surface area contributed by atoms with E-state index in [-0.39, 0.29) is 0 Å². The second-order valence-corrected chi connectivity index (χ2v) is 5.77. The highest BCUT2D eigenvalue weighted by atomic mass is 28.4. The van der Waals surface area contributed by atoms with Crippen LogP contribution in [0.3, 0.4) is 0 Å². The molecule has 0 aliphatic carbocycles. The molecule has 80 valence electrons. The Morgan fingerprint density at radius 3 is 2.15 bits per heavy atom. The summed E-state index contributed by atoms with van der Waals surface area (Å²) in [5, 5.41) is 0. The van der Waals surface area contributed by atoms with Crippen molar-refractivity contribution < 1.29 is 17.7 Å². The summed E-state index contributed by atoms with van der Waals surface area (Å²) in [5.74, 6) is 0. The minimum Gasteiger partial charge on any atom is -0.377 e. The predicted molar refractivity (Wildman–Crippen MR) is 51.2 cm³/mol. The van der Waals surface area contributed by atoms with Gasteiger partial charge in [-0.05, 0) is 6.42 Å². The number of hydrogen-bond acceptors (Lipinski definition) is 3. The van der Waals surface area contributed by atoms with Gasteiger partial charge in [0.25, 0.3) is 0 Å². The lowest BCUT2D eigenvalue weighted by Crippen LogP contribution is -2.43. The minimum absolute atomic E-state index is 0.692. The maximum absolute atomic E-state index is 12.0. The van der Waals surface area contributed by atoms with Gasteiger partial charge in [-0.15, -0.1) is 0 Å². The molecule has 3 nitrogen and oxygen atoms in total. The van der Waals surface area contributed by atoms with E-state index >= 15 is 0 Å². The van der Waals surface area contributed by atoms with Crippen LogP contribution in [0.1, 0.15) is 26.2 Å². The molecular formula is C8H19FO3Si. The molecule has 0 radical (unpaired) electrons. The first-order valence-corrected chi connectivity index (χ1v) is 6.48. The zero-order valence-electron chi connectivity index (χ0n) is 8.64. The van der Waals surface area contributed by atoms with Crippen LogP contribution in [0.4, 0.5) is 4.39 Å². The third-order valence-corrected chi connectivity index (χ3v) is 4.74. The Labute approximate surface area is 80.6 Å². The van der Waals surface area contributed by atoms with Crippen molar-refractivity contribution in [1.82, 2.24) is 0 Å².